The molecule has 2 unspecified atom stereocenters. The van der Waals surface area contributed by atoms with Crippen LogP contribution in [0.2, 0.25) is 0 Å². The van der Waals surface area contributed by atoms with Crippen LogP contribution in [0.15, 0.2) is 42.6 Å². The molecule has 1 aromatic heterocycles. The molecular formula is C31H47N. The highest BCUT2D eigenvalue weighted by Crippen LogP contribution is 2.35. The molecule has 1 fully saturated rings. The number of rotatable bonds is 14. The van der Waals surface area contributed by atoms with Gasteiger partial charge in [0.1, 0.15) is 0 Å². The number of aryl methyl sites for hydroxylation is 2. The molecule has 1 heteroatoms. The first-order valence-electron chi connectivity index (χ1n) is 13.8. The molecule has 1 aromatic carbocycles. The smallest absolute Gasteiger partial charge is 0.0702 e. The van der Waals surface area contributed by atoms with Crippen molar-refractivity contribution in [2.24, 2.45) is 11.8 Å². The molecule has 2 atom stereocenters. The lowest BCUT2D eigenvalue weighted by Gasteiger charge is -2.29. The Morgan fingerprint density at radius 2 is 1.38 bits per heavy atom. The first-order chi connectivity index (χ1) is 15.8. The highest BCUT2D eigenvalue weighted by Gasteiger charge is 2.21. The second-order valence-electron chi connectivity index (χ2n) is 10.3. The summed E-state index contributed by atoms with van der Waals surface area (Å²) in [4.78, 5) is 4.70. The van der Waals surface area contributed by atoms with E-state index >= 15 is 0 Å². The fourth-order valence-electron chi connectivity index (χ4n) is 5.48. The van der Waals surface area contributed by atoms with Crippen LogP contribution in [-0.2, 0) is 12.8 Å². The lowest BCUT2D eigenvalue weighted by molar-refractivity contribution is 0.239. The second kappa shape index (κ2) is 14.5. The third-order valence-corrected chi connectivity index (χ3v) is 7.59. The van der Waals surface area contributed by atoms with E-state index < -0.39 is 0 Å². The Labute approximate surface area is 198 Å². The summed E-state index contributed by atoms with van der Waals surface area (Å²) in [5.41, 5.74) is 5.19. The van der Waals surface area contributed by atoms with Crippen LogP contribution in [0.25, 0.3) is 11.3 Å². The monoisotopic (exact) mass is 433 g/mol. The molecule has 1 heterocycles. The van der Waals surface area contributed by atoms with Crippen LogP contribution in [-0.4, -0.2) is 4.98 Å². The Morgan fingerprint density at radius 3 is 2.09 bits per heavy atom. The quantitative estimate of drug-likeness (QED) is 0.270. The van der Waals surface area contributed by atoms with Gasteiger partial charge in [-0.25, -0.2) is 0 Å². The van der Waals surface area contributed by atoms with Crippen molar-refractivity contribution in [1.82, 2.24) is 4.98 Å². The molecule has 1 nitrogen and oxygen atoms in total. The number of benzene rings is 1. The number of aromatic nitrogens is 1. The molecule has 1 saturated carbocycles. The molecule has 1 aliphatic rings. The summed E-state index contributed by atoms with van der Waals surface area (Å²) in [7, 11) is 0. The van der Waals surface area contributed by atoms with Gasteiger partial charge in [0, 0.05) is 11.8 Å². The van der Waals surface area contributed by atoms with E-state index in [4.69, 9.17) is 4.98 Å². The van der Waals surface area contributed by atoms with Crippen molar-refractivity contribution in [3.63, 3.8) is 0 Å². The fraction of sp³-hybridized carbons (Fsp3) is 0.645. The lowest BCUT2D eigenvalue weighted by Crippen LogP contribution is -2.16. The summed E-state index contributed by atoms with van der Waals surface area (Å²) in [5, 5.41) is 0. The van der Waals surface area contributed by atoms with Gasteiger partial charge in [-0.3, -0.25) is 4.98 Å². The minimum absolute atomic E-state index is 0.950. The molecule has 2 aromatic rings. The summed E-state index contributed by atoms with van der Waals surface area (Å²) in [5.74, 6) is 1.96. The zero-order valence-electron chi connectivity index (χ0n) is 21.0. The highest BCUT2D eigenvalue weighted by molar-refractivity contribution is 5.59. The third kappa shape index (κ3) is 8.72. The summed E-state index contributed by atoms with van der Waals surface area (Å²) in [6, 6.07) is 13.6. The largest absolute Gasteiger partial charge is 0.256 e. The van der Waals surface area contributed by atoms with Crippen molar-refractivity contribution in [3.8, 4) is 11.3 Å². The predicted molar refractivity (Wildman–Crippen MR) is 140 cm³/mol. The van der Waals surface area contributed by atoms with Gasteiger partial charge >= 0.3 is 0 Å². The number of hydrogen-bond donors (Lipinski definition) is 0. The van der Waals surface area contributed by atoms with Gasteiger partial charge in [0.05, 0.1) is 5.69 Å². The summed E-state index contributed by atoms with van der Waals surface area (Å²) in [6.07, 6.45) is 24.3. The van der Waals surface area contributed by atoms with Crippen LogP contribution in [0.3, 0.4) is 0 Å². The molecule has 0 aliphatic heterocycles. The first-order valence-corrected chi connectivity index (χ1v) is 13.8. The number of pyridine rings is 1. The summed E-state index contributed by atoms with van der Waals surface area (Å²) < 4.78 is 0. The maximum Gasteiger partial charge on any atom is 0.0702 e. The van der Waals surface area contributed by atoms with Crippen LogP contribution in [0.4, 0.5) is 0 Å². The van der Waals surface area contributed by atoms with Gasteiger partial charge in [0.2, 0.25) is 0 Å². The van der Waals surface area contributed by atoms with Crippen LogP contribution in [0.5, 0.6) is 0 Å². The van der Waals surface area contributed by atoms with Crippen molar-refractivity contribution in [2.45, 2.75) is 117 Å². The van der Waals surface area contributed by atoms with Gasteiger partial charge in [-0.15, -0.1) is 0 Å². The van der Waals surface area contributed by atoms with Crippen molar-refractivity contribution < 1.29 is 0 Å². The van der Waals surface area contributed by atoms with Gasteiger partial charge in [-0.2, -0.15) is 0 Å². The van der Waals surface area contributed by atoms with Crippen LogP contribution in [0.1, 0.15) is 115 Å². The molecule has 0 N–H and O–H groups in total. The fourth-order valence-corrected chi connectivity index (χ4v) is 5.48. The molecule has 3 rings (SSSR count). The first kappa shape index (κ1) is 25.0. The van der Waals surface area contributed by atoms with Crippen LogP contribution in [0, 0.1) is 11.8 Å². The van der Waals surface area contributed by atoms with E-state index in [0.29, 0.717) is 0 Å². The topological polar surface area (TPSA) is 12.9 Å². The Kier molecular flexibility index (Phi) is 11.3. The summed E-state index contributed by atoms with van der Waals surface area (Å²) in [6.45, 7) is 4.55. The van der Waals surface area contributed by atoms with E-state index in [9.17, 15) is 0 Å². The number of unbranched alkanes of at least 4 members (excludes halogenated alkanes) is 6. The van der Waals surface area contributed by atoms with Gasteiger partial charge in [-0.05, 0) is 61.1 Å². The van der Waals surface area contributed by atoms with E-state index in [1.54, 1.807) is 0 Å². The molecular weight excluding hydrogens is 386 g/mol. The molecule has 1 aliphatic carbocycles. The van der Waals surface area contributed by atoms with E-state index in [-0.39, 0.29) is 0 Å². The van der Waals surface area contributed by atoms with Gasteiger partial charge in [-0.1, -0.05) is 115 Å². The highest BCUT2D eigenvalue weighted by atomic mass is 14.7. The molecule has 0 spiro atoms. The molecule has 0 bridgehead atoms. The normalized spacial score (nSPS) is 18.7. The Morgan fingerprint density at radius 1 is 0.688 bits per heavy atom. The van der Waals surface area contributed by atoms with E-state index in [1.807, 2.05) is 0 Å². The minimum Gasteiger partial charge on any atom is -0.256 e. The van der Waals surface area contributed by atoms with Gasteiger partial charge < -0.3 is 0 Å². The number of nitrogens with zero attached hydrogens (tertiary/aromatic N) is 1. The lowest BCUT2D eigenvalue weighted by atomic mass is 9.77. The average molecular weight is 434 g/mol. The maximum atomic E-state index is 4.70. The van der Waals surface area contributed by atoms with Crippen LogP contribution < -0.4 is 0 Å². The summed E-state index contributed by atoms with van der Waals surface area (Å²) >= 11 is 0. The Balaban J connectivity index is 1.39. The molecule has 0 saturated heterocycles. The molecule has 176 valence electrons. The zero-order chi connectivity index (χ0) is 22.4. The standard InChI is InChI=1S/C31H47N/c1-3-5-7-8-9-10-13-27-14-11-15-28(24-27)17-16-26-18-21-30(22-19-26)31-23-20-29(25-32-31)12-6-4-2/h18-23,25,27-28H,3-17,24H2,1-2H3. The minimum atomic E-state index is 0.950. The molecule has 0 radical (unpaired) electrons. The maximum absolute atomic E-state index is 4.70. The molecule has 0 amide bonds. The Bertz CT molecular complexity index is 730. The number of hydrogen-bond acceptors (Lipinski definition) is 1. The third-order valence-electron chi connectivity index (χ3n) is 7.59. The van der Waals surface area contributed by atoms with E-state index in [1.165, 1.54) is 113 Å². The average Bonchev–Trinajstić information content (AvgIpc) is 2.84. The zero-order valence-corrected chi connectivity index (χ0v) is 21.0. The van der Waals surface area contributed by atoms with Crippen molar-refractivity contribution in [1.29, 1.82) is 0 Å². The second-order valence-corrected chi connectivity index (χ2v) is 10.3. The van der Waals surface area contributed by atoms with E-state index in [2.05, 4.69) is 56.4 Å². The van der Waals surface area contributed by atoms with Crippen molar-refractivity contribution in [3.05, 3.63) is 53.7 Å². The van der Waals surface area contributed by atoms with Gasteiger partial charge in [0.25, 0.3) is 0 Å². The van der Waals surface area contributed by atoms with E-state index in [0.717, 1.165) is 24.0 Å². The molecule has 32 heavy (non-hydrogen) atoms. The Hall–Kier alpha value is -1.63. The van der Waals surface area contributed by atoms with Crippen LogP contribution >= 0.6 is 0 Å². The predicted octanol–water partition coefficient (Wildman–Crippen LogP) is 9.58. The van der Waals surface area contributed by atoms with Crippen molar-refractivity contribution in [2.75, 3.05) is 0 Å². The van der Waals surface area contributed by atoms with Gasteiger partial charge in [0.15, 0.2) is 0 Å². The van der Waals surface area contributed by atoms with Crippen molar-refractivity contribution >= 4 is 0 Å². The SMILES string of the molecule is CCCCCCCCC1CCCC(CCc2ccc(-c3ccc(CCCC)cn3)cc2)C1.